The van der Waals surface area contributed by atoms with E-state index in [1.165, 1.54) is 44.2 Å². The average molecular weight is 498 g/mol. The Bertz CT molecular complexity index is 1060. The summed E-state index contributed by atoms with van der Waals surface area (Å²) >= 11 is -0.964. The van der Waals surface area contributed by atoms with Crippen molar-refractivity contribution in [2.75, 3.05) is 0 Å². The maximum absolute atomic E-state index is 14.8. The predicted molar refractivity (Wildman–Crippen MR) is 108 cm³/mol. The molecule has 0 aromatic heterocycles. The standard InChI is InChI=1S/C23H19F9S/c1-14-11-19(2,15-7-3-5-9-17(15)24)13-20(12-14,16-8-4-6-10-18(16)25)33-23(31,32)21(26,27)22(28,29)30/h3-10,12H,11,13H2,1-2H3. The number of allylic oxidation sites excluding steroid dienone is 1. The molecule has 0 saturated heterocycles. The Hall–Kier alpha value is -2.10. The third-order valence-corrected chi connectivity index (χ3v) is 7.05. The van der Waals surface area contributed by atoms with Gasteiger partial charge in [-0.25, -0.2) is 8.78 Å². The maximum Gasteiger partial charge on any atom is 0.460 e. The number of alkyl halides is 7. The van der Waals surface area contributed by atoms with Gasteiger partial charge in [0.05, 0.1) is 4.75 Å². The average Bonchev–Trinajstić information content (AvgIpc) is 2.66. The molecule has 2 unspecified atom stereocenters. The second-order valence-corrected chi connectivity index (χ2v) is 9.89. The van der Waals surface area contributed by atoms with E-state index in [1.54, 1.807) is 0 Å². The molecule has 1 aliphatic carbocycles. The first-order valence-corrected chi connectivity index (χ1v) is 10.6. The largest absolute Gasteiger partial charge is 0.460 e. The smallest absolute Gasteiger partial charge is 0.207 e. The van der Waals surface area contributed by atoms with Crippen molar-refractivity contribution in [3.05, 3.63) is 82.9 Å². The molecule has 0 spiro atoms. The maximum atomic E-state index is 14.8. The summed E-state index contributed by atoms with van der Waals surface area (Å²) in [4.78, 5) is 0. The number of hydrogen-bond donors (Lipinski definition) is 0. The van der Waals surface area contributed by atoms with Crippen molar-refractivity contribution in [1.29, 1.82) is 0 Å². The molecule has 33 heavy (non-hydrogen) atoms. The fraction of sp³-hybridized carbons (Fsp3) is 0.391. The van der Waals surface area contributed by atoms with Crippen LogP contribution in [-0.2, 0) is 10.2 Å². The summed E-state index contributed by atoms with van der Waals surface area (Å²) in [5, 5.41) is -5.65. The fourth-order valence-corrected chi connectivity index (χ4v) is 6.08. The van der Waals surface area contributed by atoms with Crippen LogP contribution in [0, 0.1) is 11.6 Å². The van der Waals surface area contributed by atoms with Gasteiger partial charge in [0.15, 0.2) is 0 Å². The summed E-state index contributed by atoms with van der Waals surface area (Å²) in [7, 11) is 0. The summed E-state index contributed by atoms with van der Waals surface area (Å²) in [6.45, 7) is 2.94. The van der Waals surface area contributed by atoms with Gasteiger partial charge in [-0.15, -0.1) is 0 Å². The number of benzene rings is 2. The SMILES string of the molecule is CC1=CC(SC(F)(F)C(F)(F)C(F)(F)F)(c2ccccc2F)CC(C)(c2ccccc2F)C1. The van der Waals surface area contributed by atoms with Crippen LogP contribution in [0.25, 0.3) is 0 Å². The molecule has 0 fully saturated rings. The van der Waals surface area contributed by atoms with Crippen molar-refractivity contribution in [3.63, 3.8) is 0 Å². The van der Waals surface area contributed by atoms with Crippen molar-refractivity contribution < 1.29 is 39.5 Å². The fourth-order valence-electron chi connectivity index (χ4n) is 4.45. The molecule has 0 amide bonds. The van der Waals surface area contributed by atoms with Crippen LogP contribution in [0.5, 0.6) is 0 Å². The summed E-state index contributed by atoms with van der Waals surface area (Å²) in [5.41, 5.74) is -1.42. The van der Waals surface area contributed by atoms with Gasteiger partial charge < -0.3 is 0 Å². The summed E-state index contributed by atoms with van der Waals surface area (Å²) in [6.07, 6.45) is -5.90. The molecule has 3 rings (SSSR count). The van der Waals surface area contributed by atoms with Gasteiger partial charge in [0.25, 0.3) is 0 Å². The van der Waals surface area contributed by atoms with Gasteiger partial charge in [-0.2, -0.15) is 30.7 Å². The highest BCUT2D eigenvalue weighted by Crippen LogP contribution is 2.62. The molecule has 2 atom stereocenters. The Kier molecular flexibility index (Phi) is 6.41. The van der Waals surface area contributed by atoms with E-state index >= 15 is 0 Å². The van der Waals surface area contributed by atoms with Crippen molar-refractivity contribution in [2.45, 2.75) is 54.2 Å². The molecule has 0 saturated carbocycles. The van der Waals surface area contributed by atoms with E-state index < -0.39 is 62.9 Å². The normalized spacial score (nSPS) is 24.5. The molecule has 0 bridgehead atoms. The second-order valence-electron chi connectivity index (χ2n) is 8.45. The van der Waals surface area contributed by atoms with E-state index in [2.05, 4.69) is 0 Å². The first kappa shape index (κ1) is 25.5. The van der Waals surface area contributed by atoms with E-state index in [4.69, 9.17) is 0 Å². The lowest BCUT2D eigenvalue weighted by Crippen LogP contribution is -2.52. The van der Waals surface area contributed by atoms with Crippen molar-refractivity contribution in [1.82, 2.24) is 0 Å². The monoisotopic (exact) mass is 498 g/mol. The molecule has 0 heterocycles. The molecule has 0 N–H and O–H groups in total. The summed E-state index contributed by atoms with van der Waals surface area (Å²) in [6, 6.07) is 9.84. The van der Waals surface area contributed by atoms with Crippen LogP contribution in [0.3, 0.4) is 0 Å². The number of rotatable bonds is 5. The Morgan fingerprint density at radius 2 is 1.27 bits per heavy atom. The van der Waals surface area contributed by atoms with Gasteiger partial charge in [-0.3, -0.25) is 0 Å². The van der Waals surface area contributed by atoms with Crippen LogP contribution < -0.4 is 0 Å². The lowest BCUT2D eigenvalue weighted by molar-refractivity contribution is -0.330. The molecular formula is C23H19F9S. The van der Waals surface area contributed by atoms with E-state index in [1.807, 2.05) is 0 Å². The lowest BCUT2D eigenvalue weighted by atomic mass is 9.66. The minimum Gasteiger partial charge on any atom is -0.207 e. The zero-order valence-corrected chi connectivity index (χ0v) is 18.2. The molecular weight excluding hydrogens is 479 g/mol. The first-order chi connectivity index (χ1) is 15.0. The molecule has 0 aliphatic heterocycles. The van der Waals surface area contributed by atoms with Gasteiger partial charge in [-0.1, -0.05) is 66.7 Å². The summed E-state index contributed by atoms with van der Waals surface area (Å²) in [5.74, 6) is -8.15. The van der Waals surface area contributed by atoms with Crippen molar-refractivity contribution in [3.8, 4) is 0 Å². The zero-order chi connectivity index (χ0) is 24.9. The molecule has 10 heteroatoms. The first-order valence-electron chi connectivity index (χ1n) is 9.76. The third-order valence-electron chi connectivity index (χ3n) is 5.69. The van der Waals surface area contributed by atoms with Crippen molar-refractivity contribution in [2.24, 2.45) is 0 Å². The van der Waals surface area contributed by atoms with Crippen LogP contribution >= 0.6 is 11.8 Å². The number of halogens is 9. The highest BCUT2D eigenvalue weighted by molar-refractivity contribution is 8.01. The van der Waals surface area contributed by atoms with Crippen LogP contribution in [0.1, 0.15) is 37.8 Å². The van der Waals surface area contributed by atoms with Crippen LogP contribution in [0.4, 0.5) is 39.5 Å². The van der Waals surface area contributed by atoms with Gasteiger partial charge >= 0.3 is 17.4 Å². The van der Waals surface area contributed by atoms with Gasteiger partial charge in [0.2, 0.25) is 0 Å². The highest BCUT2D eigenvalue weighted by Gasteiger charge is 2.75. The Morgan fingerprint density at radius 1 is 0.788 bits per heavy atom. The third kappa shape index (κ3) is 4.50. The molecule has 180 valence electrons. The van der Waals surface area contributed by atoms with E-state index in [0.29, 0.717) is 5.57 Å². The Labute approximate surface area is 188 Å². The Morgan fingerprint density at radius 3 is 1.76 bits per heavy atom. The van der Waals surface area contributed by atoms with E-state index in [9.17, 15) is 39.5 Å². The molecule has 0 nitrogen and oxygen atoms in total. The predicted octanol–water partition coefficient (Wildman–Crippen LogP) is 8.38. The molecule has 2 aromatic rings. The van der Waals surface area contributed by atoms with E-state index in [0.717, 1.165) is 24.3 Å². The van der Waals surface area contributed by atoms with Gasteiger partial charge in [0, 0.05) is 11.0 Å². The van der Waals surface area contributed by atoms with Crippen molar-refractivity contribution >= 4 is 11.8 Å². The number of thioether (sulfide) groups is 1. The second kappa shape index (κ2) is 8.29. The molecule has 2 aromatic carbocycles. The highest BCUT2D eigenvalue weighted by atomic mass is 32.2. The quantitative estimate of drug-likeness (QED) is 0.295. The van der Waals surface area contributed by atoms with Gasteiger partial charge in [-0.05, 0) is 37.5 Å². The minimum absolute atomic E-state index is 0.0599. The Balaban J connectivity index is 2.24. The topological polar surface area (TPSA) is 0 Å². The van der Waals surface area contributed by atoms with Crippen LogP contribution in [0.2, 0.25) is 0 Å². The lowest BCUT2D eigenvalue weighted by Gasteiger charge is -2.46. The summed E-state index contributed by atoms with van der Waals surface area (Å²) < 4.78 is 123. The van der Waals surface area contributed by atoms with E-state index in [-0.39, 0.29) is 12.0 Å². The molecule has 1 aliphatic rings. The zero-order valence-electron chi connectivity index (χ0n) is 17.4. The minimum atomic E-state index is -6.54. The van der Waals surface area contributed by atoms with Gasteiger partial charge in [0.1, 0.15) is 11.6 Å². The number of hydrogen-bond acceptors (Lipinski definition) is 1. The van der Waals surface area contributed by atoms with Crippen LogP contribution in [0.15, 0.2) is 60.2 Å². The van der Waals surface area contributed by atoms with Crippen LogP contribution in [-0.4, -0.2) is 17.4 Å². The molecule has 0 radical (unpaired) electrons.